The van der Waals surface area contributed by atoms with E-state index >= 15 is 0 Å². The van der Waals surface area contributed by atoms with Crippen LogP contribution in [0.2, 0.25) is 0 Å². The Labute approximate surface area is 365 Å². The number of carbonyl (C=O) groups is 2. The van der Waals surface area contributed by atoms with E-state index in [0.717, 1.165) is 38.5 Å². The van der Waals surface area contributed by atoms with Crippen molar-refractivity contribution < 1.29 is 52.2 Å². The van der Waals surface area contributed by atoms with Gasteiger partial charge < -0.3 is 27.9 Å². The van der Waals surface area contributed by atoms with Crippen LogP contribution in [0.4, 0.5) is 0 Å². The lowest BCUT2D eigenvalue weighted by molar-refractivity contribution is -0.870. The fraction of sp³-hybridized carbons (Fsp3) is 0.708. The van der Waals surface area contributed by atoms with Crippen LogP contribution in [0.1, 0.15) is 162 Å². The van der Waals surface area contributed by atoms with E-state index in [1.807, 2.05) is 75.8 Å². The monoisotopic (exact) mass is 866 g/mol. The number of rotatable bonds is 41. The summed E-state index contributed by atoms with van der Waals surface area (Å²) in [7, 11) is 1.08. The number of quaternary nitrogens is 1. The Morgan fingerprint density at radius 3 is 1.75 bits per heavy atom. The summed E-state index contributed by atoms with van der Waals surface area (Å²) in [6.45, 7) is 3.89. The van der Waals surface area contributed by atoms with Crippen molar-refractivity contribution in [2.45, 2.75) is 174 Å². The highest BCUT2D eigenvalue weighted by atomic mass is 31.2. The van der Waals surface area contributed by atoms with Gasteiger partial charge in [0.1, 0.15) is 25.9 Å². The average molecular weight is 866 g/mol. The molecule has 0 aliphatic carbocycles. The molecule has 60 heavy (non-hydrogen) atoms. The first-order valence-electron chi connectivity index (χ1n) is 22.9. The first-order chi connectivity index (χ1) is 28.9. The second-order valence-corrected chi connectivity index (χ2v) is 17.7. The summed E-state index contributed by atoms with van der Waals surface area (Å²) in [4.78, 5) is 42.0. The van der Waals surface area contributed by atoms with Gasteiger partial charge in [-0.1, -0.05) is 177 Å². The smallest absolute Gasteiger partial charge is 0.306 e. The van der Waals surface area contributed by atoms with Gasteiger partial charge in [0.25, 0.3) is 7.82 Å². The van der Waals surface area contributed by atoms with Gasteiger partial charge in [0.2, 0.25) is 0 Å². The van der Waals surface area contributed by atoms with Gasteiger partial charge >= 0.3 is 11.9 Å². The Balaban J connectivity index is 4.53. The molecule has 2 unspecified atom stereocenters. The number of ether oxygens (including phenoxy) is 2. The van der Waals surface area contributed by atoms with Crippen molar-refractivity contribution in [1.29, 1.82) is 0 Å². The molecule has 0 spiro atoms. The van der Waals surface area contributed by atoms with Gasteiger partial charge in [-0.05, 0) is 44.9 Å². The number of unbranched alkanes of at least 4 members (excludes halogenated alkanes) is 14. The largest absolute Gasteiger partial charge is 0.756 e. The molecule has 346 valence electrons. The molecule has 11 nitrogen and oxygen atoms in total. The van der Waals surface area contributed by atoms with Gasteiger partial charge in [0.15, 0.2) is 6.10 Å². The van der Waals surface area contributed by atoms with Gasteiger partial charge in [0, 0.05) is 12.8 Å². The summed E-state index contributed by atoms with van der Waals surface area (Å²) in [5, 5.41) is 8.96. The van der Waals surface area contributed by atoms with E-state index < -0.39 is 32.5 Å². The number of allylic oxidation sites excluding steroid dienone is 10. The highest BCUT2D eigenvalue weighted by molar-refractivity contribution is 7.45. The molecule has 0 amide bonds. The van der Waals surface area contributed by atoms with Crippen molar-refractivity contribution in [3.63, 3.8) is 0 Å². The molecule has 0 bridgehead atoms. The normalized spacial score (nSPS) is 14.7. The first-order valence-corrected chi connectivity index (χ1v) is 24.4. The van der Waals surface area contributed by atoms with Gasteiger partial charge in [-0.2, -0.15) is 0 Å². The van der Waals surface area contributed by atoms with Crippen LogP contribution in [0.25, 0.3) is 0 Å². The number of esters is 2. The van der Waals surface area contributed by atoms with Crippen LogP contribution in [0.15, 0.2) is 72.9 Å². The molecule has 0 aliphatic rings. The molecule has 1 N–H and O–H groups in total. The molecular weight excluding hydrogens is 781 g/mol. The van der Waals surface area contributed by atoms with Crippen molar-refractivity contribution in [2.75, 3.05) is 47.5 Å². The molecular formula is C48H84NO10P. The Morgan fingerprint density at radius 2 is 1.20 bits per heavy atom. The Bertz CT molecular complexity index is 1270. The van der Waals surface area contributed by atoms with Crippen LogP contribution in [0.3, 0.4) is 0 Å². The van der Waals surface area contributed by atoms with Crippen LogP contribution in [-0.2, 0) is 37.6 Å². The van der Waals surface area contributed by atoms with Crippen molar-refractivity contribution in [3.05, 3.63) is 72.9 Å². The lowest BCUT2D eigenvalue weighted by Gasteiger charge is -2.28. The Morgan fingerprint density at radius 1 is 0.650 bits per heavy atom. The predicted molar refractivity (Wildman–Crippen MR) is 243 cm³/mol. The van der Waals surface area contributed by atoms with Crippen LogP contribution in [-0.4, -0.2) is 81.4 Å². The molecule has 0 aromatic rings. The van der Waals surface area contributed by atoms with Gasteiger partial charge in [0.05, 0.1) is 27.7 Å². The Kier molecular flexibility index (Phi) is 38.7. The van der Waals surface area contributed by atoms with E-state index in [0.29, 0.717) is 36.7 Å². The zero-order valence-electron chi connectivity index (χ0n) is 38.2. The molecule has 0 rings (SSSR count). The number of phosphoric acid groups is 1. The average Bonchev–Trinajstić information content (AvgIpc) is 3.20. The zero-order chi connectivity index (χ0) is 44.4. The summed E-state index contributed by atoms with van der Waals surface area (Å²) in [6.07, 6.45) is 45.5. The van der Waals surface area contributed by atoms with Gasteiger partial charge in [-0.3, -0.25) is 19.4 Å². The number of nitrogens with zero attached hydrogens (tertiary/aromatic N) is 1. The molecule has 0 aliphatic heterocycles. The lowest BCUT2D eigenvalue weighted by Crippen LogP contribution is -2.37. The van der Waals surface area contributed by atoms with Crippen molar-refractivity contribution in [2.24, 2.45) is 0 Å². The number of hydrogen-bond donors (Lipinski definition) is 1. The highest BCUT2D eigenvalue weighted by Gasteiger charge is 2.21. The third-order valence-electron chi connectivity index (χ3n) is 9.45. The molecule has 0 saturated carbocycles. The molecule has 0 saturated heterocycles. The molecule has 0 heterocycles. The summed E-state index contributed by atoms with van der Waals surface area (Å²) in [5.41, 5.74) is 0. The first kappa shape index (κ1) is 57.4. The van der Waals surface area contributed by atoms with Crippen molar-refractivity contribution in [3.8, 4) is 0 Å². The van der Waals surface area contributed by atoms with E-state index in [2.05, 4.69) is 37.0 Å². The zero-order valence-corrected chi connectivity index (χ0v) is 39.1. The lowest BCUT2D eigenvalue weighted by atomic mass is 10.0. The molecule has 0 radical (unpaired) electrons. The summed E-state index contributed by atoms with van der Waals surface area (Å²) < 4.78 is 33.8. The minimum Gasteiger partial charge on any atom is -0.756 e. The number of likely N-dealkylation sites (N-methyl/N-ethyl adjacent to an activating group) is 1. The second kappa shape index (κ2) is 40.4. The maximum atomic E-state index is 12.7. The Hall–Kier alpha value is -2.63. The van der Waals surface area contributed by atoms with Crippen molar-refractivity contribution >= 4 is 19.8 Å². The number of phosphoric ester groups is 1. The summed E-state index contributed by atoms with van der Waals surface area (Å²) in [6, 6.07) is 0. The predicted octanol–water partition coefficient (Wildman–Crippen LogP) is 11.9. The maximum Gasteiger partial charge on any atom is 0.306 e. The van der Waals surface area contributed by atoms with E-state index in [1.54, 1.807) is 0 Å². The third kappa shape index (κ3) is 42.1. The van der Waals surface area contributed by atoms with Crippen LogP contribution in [0, 0.1) is 0 Å². The minimum atomic E-state index is -4.66. The van der Waals surface area contributed by atoms with E-state index in [4.69, 9.17) is 23.8 Å². The molecule has 0 fully saturated rings. The van der Waals surface area contributed by atoms with Gasteiger partial charge in [-0.15, -0.1) is 0 Å². The fourth-order valence-corrected chi connectivity index (χ4v) is 6.56. The summed E-state index contributed by atoms with van der Waals surface area (Å²) >= 11 is 0. The fourth-order valence-electron chi connectivity index (χ4n) is 5.83. The highest BCUT2D eigenvalue weighted by Crippen LogP contribution is 2.38. The molecule has 3 atom stereocenters. The molecule has 12 heteroatoms. The number of hydrogen-bond acceptors (Lipinski definition) is 10. The SMILES string of the molecule is CC/C=C\CC(/C=C/C=C\C/C=C\C/C=C\C/C=C\CCC(=O)O[C@H](COC(=O)CCCCCCCCCCCCCCCCC)COP(=O)([O-])OCC[N+](C)(C)C)OO. The van der Waals surface area contributed by atoms with Crippen LogP contribution >= 0.6 is 7.82 Å². The quantitative estimate of drug-likeness (QED) is 0.00923. The minimum absolute atomic E-state index is 0.0564. The standard InChI is InChI=1S/C48H84NO10P/c1-6-8-10-11-12-13-14-15-16-19-22-25-28-31-35-39-47(50)55-43-46(44-57-60(53,54)56-42-41-49(3,4)5)58-48(51)40-36-32-29-26-23-20-17-18-21-24-27-30-34-38-45(59-52)37-33-9-7-2/h9,18,20-21,23,27,29-30,32-34,38,45-46H,6-8,10-17,19,22,24-26,28,31,35-37,39-44H2,1-5H3,(H-,52,53,54)/b21-18-,23-20-,30-27-,32-29-,33-9-,38-34+/t45?,46-/m1/s1. The number of carbonyl (C=O) groups excluding carboxylic acids is 2. The van der Waals surface area contributed by atoms with E-state index in [-0.39, 0.29) is 32.2 Å². The van der Waals surface area contributed by atoms with E-state index in [1.165, 1.54) is 70.6 Å². The maximum absolute atomic E-state index is 12.7. The third-order valence-corrected chi connectivity index (χ3v) is 10.4. The van der Waals surface area contributed by atoms with Crippen molar-refractivity contribution in [1.82, 2.24) is 0 Å². The molecule has 0 aromatic carbocycles. The van der Waals surface area contributed by atoms with Crippen LogP contribution < -0.4 is 4.89 Å². The molecule has 0 aromatic heterocycles. The second-order valence-electron chi connectivity index (χ2n) is 16.3. The summed E-state index contributed by atoms with van der Waals surface area (Å²) in [5.74, 6) is -0.962. The topological polar surface area (TPSA) is 141 Å². The van der Waals surface area contributed by atoms with Crippen LogP contribution in [0.5, 0.6) is 0 Å². The van der Waals surface area contributed by atoms with E-state index in [9.17, 15) is 19.0 Å². The van der Waals surface area contributed by atoms with Gasteiger partial charge in [-0.25, -0.2) is 4.89 Å².